The van der Waals surface area contributed by atoms with Gasteiger partial charge in [0.2, 0.25) is 0 Å². The molecule has 2 N–H and O–H groups in total. The molecule has 5 rings (SSSR count). The fraction of sp³-hybridized carbons (Fsp3) is 0.414. The zero-order chi connectivity index (χ0) is 24.9. The number of hydrogen-bond donors (Lipinski definition) is 1. The first kappa shape index (κ1) is 26.6. The highest BCUT2D eigenvalue weighted by atomic mass is 16.5. The second-order valence-corrected chi connectivity index (χ2v) is 9.48. The third kappa shape index (κ3) is 6.45. The van der Waals surface area contributed by atoms with Gasteiger partial charge in [-0.3, -0.25) is 9.69 Å². The number of carbonyl (C=O) groups is 1. The Morgan fingerprint density at radius 2 is 1.51 bits per heavy atom. The van der Waals surface area contributed by atoms with Crippen LogP contribution in [0.3, 0.4) is 0 Å². The van der Waals surface area contributed by atoms with Crippen LogP contribution < -0.4 is 15.4 Å². The number of ether oxygens (including phenoxy) is 2. The number of carbonyl (C=O) groups excluding carboxylic acids is 1. The summed E-state index contributed by atoms with van der Waals surface area (Å²) in [5.74, 6) is 1.04. The molecule has 0 spiro atoms. The number of anilines is 2. The third-order valence-electron chi connectivity index (χ3n) is 6.78. The molecule has 0 saturated carbocycles. The van der Waals surface area contributed by atoms with Crippen LogP contribution in [0.1, 0.15) is 37.0 Å². The summed E-state index contributed by atoms with van der Waals surface area (Å²) in [6, 6.07) is 17.5. The number of likely N-dealkylation sites (tertiary alicyclic amines) is 1. The maximum atomic E-state index is 12.4. The van der Waals surface area contributed by atoms with Crippen molar-refractivity contribution in [2.75, 3.05) is 50.6 Å². The van der Waals surface area contributed by atoms with Crippen LogP contribution >= 0.6 is 0 Å². The van der Waals surface area contributed by atoms with Gasteiger partial charge in [0.15, 0.2) is 5.78 Å². The predicted octanol–water partition coefficient (Wildman–Crippen LogP) is 4.11. The summed E-state index contributed by atoms with van der Waals surface area (Å²) in [5.41, 5.74) is 11.6. The molecule has 3 heterocycles. The molecule has 37 heavy (non-hydrogen) atoms. The van der Waals surface area contributed by atoms with Crippen molar-refractivity contribution in [2.24, 2.45) is 0 Å². The van der Waals surface area contributed by atoms with Crippen LogP contribution in [0, 0.1) is 0 Å². The molecule has 0 radical (unpaired) electrons. The number of aromatic nitrogens is 2. The van der Waals surface area contributed by atoms with E-state index in [2.05, 4.69) is 63.4 Å². The number of benzene rings is 2. The first-order chi connectivity index (χ1) is 17.6. The van der Waals surface area contributed by atoms with Crippen molar-refractivity contribution in [3.05, 3.63) is 65.2 Å². The SMILES string of the molecule is C.COCCOc1nc(N)c2c(n1)N(Cc1ccc(-c3ccc(CN4CCCC4)cc3)cc1)CC(=O)C2. The lowest BCUT2D eigenvalue weighted by atomic mass is 10.0. The van der Waals surface area contributed by atoms with Gasteiger partial charge in [-0.05, 0) is 48.2 Å². The molecule has 196 valence electrons. The van der Waals surface area contributed by atoms with Gasteiger partial charge < -0.3 is 20.1 Å². The van der Waals surface area contributed by atoms with Crippen LogP contribution in [-0.4, -0.2) is 60.6 Å². The number of nitrogens with zero attached hydrogens (tertiary/aromatic N) is 4. The Morgan fingerprint density at radius 3 is 2.14 bits per heavy atom. The van der Waals surface area contributed by atoms with Crippen molar-refractivity contribution in [3.8, 4) is 17.1 Å². The Morgan fingerprint density at radius 1 is 0.892 bits per heavy atom. The van der Waals surface area contributed by atoms with Crippen LogP contribution in [0.25, 0.3) is 11.1 Å². The third-order valence-corrected chi connectivity index (χ3v) is 6.78. The minimum absolute atomic E-state index is 0. The van der Waals surface area contributed by atoms with E-state index in [1.54, 1.807) is 7.11 Å². The van der Waals surface area contributed by atoms with Gasteiger partial charge >= 0.3 is 6.01 Å². The molecule has 8 nitrogen and oxygen atoms in total. The summed E-state index contributed by atoms with van der Waals surface area (Å²) in [7, 11) is 1.61. The lowest BCUT2D eigenvalue weighted by Gasteiger charge is -2.30. The zero-order valence-corrected chi connectivity index (χ0v) is 20.8. The van der Waals surface area contributed by atoms with Crippen LogP contribution in [-0.2, 0) is 29.0 Å². The first-order valence-electron chi connectivity index (χ1n) is 12.5. The lowest BCUT2D eigenvalue weighted by Crippen LogP contribution is -2.36. The molecule has 8 heteroatoms. The summed E-state index contributed by atoms with van der Waals surface area (Å²) in [5, 5.41) is 0. The van der Waals surface area contributed by atoms with Gasteiger partial charge in [0.05, 0.1) is 13.2 Å². The van der Waals surface area contributed by atoms with Crippen molar-refractivity contribution < 1.29 is 14.3 Å². The number of ketones is 1. The van der Waals surface area contributed by atoms with Gasteiger partial charge in [0.25, 0.3) is 0 Å². The number of hydrogen-bond acceptors (Lipinski definition) is 8. The molecule has 2 aliphatic heterocycles. The van der Waals surface area contributed by atoms with E-state index in [1.807, 2.05) is 4.90 Å². The largest absolute Gasteiger partial charge is 0.461 e. The maximum Gasteiger partial charge on any atom is 0.320 e. The number of nitrogen functional groups attached to an aromatic ring is 1. The Hall–Kier alpha value is -3.49. The Kier molecular flexibility index (Phi) is 8.74. The fourth-order valence-corrected chi connectivity index (χ4v) is 4.88. The summed E-state index contributed by atoms with van der Waals surface area (Å²) in [6.45, 7) is 5.02. The number of methoxy groups -OCH3 is 1. The summed E-state index contributed by atoms with van der Waals surface area (Å²) in [6.07, 6.45) is 2.86. The molecule has 1 fully saturated rings. The highest BCUT2D eigenvalue weighted by Crippen LogP contribution is 2.31. The van der Waals surface area contributed by atoms with Crippen molar-refractivity contribution in [1.82, 2.24) is 14.9 Å². The molecule has 0 atom stereocenters. The Balaban J connectivity index is 0.00000320. The van der Waals surface area contributed by atoms with Gasteiger partial charge in [-0.15, -0.1) is 0 Å². The minimum atomic E-state index is 0. The van der Waals surface area contributed by atoms with Gasteiger partial charge in [-0.1, -0.05) is 56.0 Å². The van der Waals surface area contributed by atoms with E-state index >= 15 is 0 Å². The Bertz CT molecular complexity index is 1190. The van der Waals surface area contributed by atoms with Crippen molar-refractivity contribution >= 4 is 17.4 Å². The second kappa shape index (κ2) is 12.2. The van der Waals surface area contributed by atoms with Gasteiger partial charge in [0, 0.05) is 32.2 Å². The van der Waals surface area contributed by atoms with Crippen molar-refractivity contribution in [3.63, 3.8) is 0 Å². The number of Topliss-reactive ketones (excluding diaryl/α,β-unsaturated/α-hetero) is 1. The molecule has 0 unspecified atom stereocenters. The Labute approximate surface area is 219 Å². The van der Waals surface area contributed by atoms with Crippen LogP contribution in [0.4, 0.5) is 11.6 Å². The molecular formula is C29H37N5O3. The molecule has 1 aromatic heterocycles. The standard InChI is InChI=1S/C28H33N5O3.CH4/c1-35-14-15-36-28-30-26(29)25-16-24(34)19-33(27(25)31-28)18-21-6-10-23(11-7-21)22-8-4-20(5-9-22)17-32-12-2-3-13-32;/h4-11H,2-3,12-19H2,1H3,(H2,29,30,31);1H4. The average Bonchev–Trinajstić information content (AvgIpc) is 3.39. The fourth-order valence-electron chi connectivity index (χ4n) is 4.88. The van der Waals surface area contributed by atoms with Crippen LogP contribution in [0.15, 0.2) is 48.5 Å². The predicted molar refractivity (Wildman–Crippen MR) is 147 cm³/mol. The quantitative estimate of drug-likeness (QED) is 0.436. The topological polar surface area (TPSA) is 93.8 Å². The number of rotatable bonds is 9. The van der Waals surface area contributed by atoms with Crippen molar-refractivity contribution in [1.29, 1.82) is 0 Å². The molecule has 0 aliphatic carbocycles. The molecule has 1 saturated heterocycles. The smallest absolute Gasteiger partial charge is 0.320 e. The summed E-state index contributed by atoms with van der Waals surface area (Å²) < 4.78 is 10.6. The van der Waals surface area contributed by atoms with Gasteiger partial charge in [0.1, 0.15) is 18.2 Å². The summed E-state index contributed by atoms with van der Waals surface area (Å²) >= 11 is 0. The molecular weight excluding hydrogens is 466 g/mol. The van der Waals surface area contributed by atoms with E-state index < -0.39 is 0 Å². The normalized spacial score (nSPS) is 15.4. The molecule has 3 aromatic rings. The highest BCUT2D eigenvalue weighted by molar-refractivity contribution is 5.91. The van der Waals surface area contributed by atoms with Gasteiger partial charge in [-0.25, -0.2) is 0 Å². The van der Waals surface area contributed by atoms with E-state index in [4.69, 9.17) is 15.2 Å². The van der Waals surface area contributed by atoms with E-state index in [-0.39, 0.29) is 38.0 Å². The second-order valence-electron chi connectivity index (χ2n) is 9.48. The maximum absolute atomic E-state index is 12.4. The average molecular weight is 504 g/mol. The molecule has 0 bridgehead atoms. The van der Waals surface area contributed by atoms with E-state index in [9.17, 15) is 4.79 Å². The van der Waals surface area contributed by atoms with Gasteiger partial charge in [-0.2, -0.15) is 9.97 Å². The van der Waals surface area contributed by atoms with E-state index in [0.717, 1.165) is 12.1 Å². The van der Waals surface area contributed by atoms with Crippen molar-refractivity contribution in [2.45, 2.75) is 39.8 Å². The minimum Gasteiger partial charge on any atom is -0.461 e. The summed E-state index contributed by atoms with van der Waals surface area (Å²) in [4.78, 5) is 25.7. The molecule has 2 aliphatic rings. The number of nitrogens with two attached hydrogens (primary N) is 1. The monoisotopic (exact) mass is 503 g/mol. The van der Waals surface area contributed by atoms with E-state index in [0.29, 0.717) is 31.1 Å². The highest BCUT2D eigenvalue weighted by Gasteiger charge is 2.27. The molecule has 0 amide bonds. The van der Waals surface area contributed by atoms with E-state index in [1.165, 1.54) is 42.6 Å². The lowest BCUT2D eigenvalue weighted by molar-refractivity contribution is -0.117. The van der Waals surface area contributed by atoms with Crippen LogP contribution in [0.2, 0.25) is 0 Å². The zero-order valence-electron chi connectivity index (χ0n) is 20.8. The molecule has 2 aromatic carbocycles. The van der Waals surface area contributed by atoms with Crippen LogP contribution in [0.5, 0.6) is 6.01 Å². The number of fused-ring (bicyclic) bond motifs is 1. The first-order valence-corrected chi connectivity index (χ1v) is 12.5.